The minimum atomic E-state index is -0.494. The third kappa shape index (κ3) is 4.01. The molecule has 78 valence electrons. The molecule has 0 saturated carbocycles. The Morgan fingerprint density at radius 3 is 2.67 bits per heavy atom. The van der Waals surface area contributed by atoms with Gasteiger partial charge in [0.2, 0.25) is 0 Å². The van der Waals surface area contributed by atoms with Crippen LogP contribution < -0.4 is 0 Å². The Labute approximate surface area is 91.5 Å². The van der Waals surface area contributed by atoms with Crippen molar-refractivity contribution in [1.82, 2.24) is 0 Å². The molecule has 0 fully saturated rings. The van der Waals surface area contributed by atoms with Crippen LogP contribution in [0.4, 0.5) is 0 Å². The average Bonchev–Trinajstić information content (AvgIpc) is 2.27. The Morgan fingerprint density at radius 1 is 1.40 bits per heavy atom. The first-order valence-corrected chi connectivity index (χ1v) is 5.18. The minimum absolute atomic E-state index is 0.494. The number of hydrogen-bond donors (Lipinski definition) is 1. The molecule has 0 radical (unpaired) electrons. The predicted octanol–water partition coefficient (Wildman–Crippen LogP) is 2.76. The van der Waals surface area contributed by atoms with Crippen LogP contribution in [-0.2, 0) is 0 Å². The molecule has 0 heterocycles. The average molecular weight is 200 g/mol. The van der Waals surface area contributed by atoms with E-state index >= 15 is 0 Å². The number of aliphatic hydroxyl groups is 1. The SMILES string of the molecule is C=C(C#Cc1ccccc1)C(O)CCC. The zero-order chi connectivity index (χ0) is 11.1. The van der Waals surface area contributed by atoms with Crippen molar-refractivity contribution in [3.8, 4) is 11.8 Å². The van der Waals surface area contributed by atoms with Gasteiger partial charge in [-0.1, -0.05) is 50.0 Å². The first kappa shape index (κ1) is 11.6. The topological polar surface area (TPSA) is 20.2 Å². The predicted molar refractivity (Wildman–Crippen MR) is 63.4 cm³/mol. The Hall–Kier alpha value is -1.52. The molecule has 1 N–H and O–H groups in total. The van der Waals surface area contributed by atoms with Crippen LogP contribution >= 0.6 is 0 Å². The van der Waals surface area contributed by atoms with Gasteiger partial charge in [-0.25, -0.2) is 0 Å². The molecule has 0 bridgehead atoms. The molecule has 0 saturated heterocycles. The summed E-state index contributed by atoms with van der Waals surface area (Å²) >= 11 is 0. The van der Waals surface area contributed by atoms with E-state index in [1.807, 2.05) is 37.3 Å². The maximum absolute atomic E-state index is 9.59. The second kappa shape index (κ2) is 6.06. The Kier molecular flexibility index (Phi) is 4.66. The van der Waals surface area contributed by atoms with Gasteiger partial charge in [0.25, 0.3) is 0 Å². The number of hydrogen-bond acceptors (Lipinski definition) is 1. The number of aliphatic hydroxyl groups excluding tert-OH is 1. The van der Waals surface area contributed by atoms with E-state index in [0.717, 1.165) is 18.4 Å². The van der Waals surface area contributed by atoms with Crippen LogP contribution in [0.5, 0.6) is 0 Å². The smallest absolute Gasteiger partial charge is 0.0862 e. The zero-order valence-corrected chi connectivity index (χ0v) is 9.03. The molecule has 1 heteroatoms. The molecule has 1 aromatic rings. The van der Waals surface area contributed by atoms with Crippen molar-refractivity contribution >= 4 is 0 Å². The summed E-state index contributed by atoms with van der Waals surface area (Å²) in [4.78, 5) is 0. The monoisotopic (exact) mass is 200 g/mol. The summed E-state index contributed by atoms with van der Waals surface area (Å²) in [5, 5.41) is 9.59. The molecular weight excluding hydrogens is 184 g/mol. The van der Waals surface area contributed by atoms with E-state index < -0.39 is 6.10 Å². The number of benzene rings is 1. The zero-order valence-electron chi connectivity index (χ0n) is 9.03. The first-order valence-electron chi connectivity index (χ1n) is 5.18. The lowest BCUT2D eigenvalue weighted by Gasteiger charge is -2.05. The standard InChI is InChI=1S/C14H16O/c1-3-7-14(15)12(2)10-11-13-8-5-4-6-9-13/h4-6,8-9,14-15H,2-3,7H2,1H3. The summed E-state index contributed by atoms with van der Waals surface area (Å²) < 4.78 is 0. The molecular formula is C14H16O. The van der Waals surface area contributed by atoms with Crippen molar-refractivity contribution in [1.29, 1.82) is 0 Å². The van der Waals surface area contributed by atoms with Gasteiger partial charge >= 0.3 is 0 Å². The largest absolute Gasteiger partial charge is 0.388 e. The highest BCUT2D eigenvalue weighted by atomic mass is 16.3. The minimum Gasteiger partial charge on any atom is -0.388 e. The van der Waals surface area contributed by atoms with Gasteiger partial charge in [0.1, 0.15) is 0 Å². The third-order valence-corrected chi connectivity index (χ3v) is 2.11. The van der Waals surface area contributed by atoms with Crippen LogP contribution in [0.15, 0.2) is 42.5 Å². The second-order valence-electron chi connectivity index (χ2n) is 3.45. The van der Waals surface area contributed by atoms with E-state index in [1.54, 1.807) is 0 Å². The van der Waals surface area contributed by atoms with E-state index in [1.165, 1.54) is 0 Å². The summed E-state index contributed by atoms with van der Waals surface area (Å²) in [6.07, 6.45) is 1.17. The highest BCUT2D eigenvalue weighted by Crippen LogP contribution is 2.05. The Balaban J connectivity index is 2.62. The van der Waals surface area contributed by atoms with Crippen molar-refractivity contribution < 1.29 is 5.11 Å². The fraction of sp³-hybridized carbons (Fsp3) is 0.286. The van der Waals surface area contributed by atoms with Crippen molar-refractivity contribution in [3.05, 3.63) is 48.0 Å². The molecule has 1 aromatic carbocycles. The maximum Gasteiger partial charge on any atom is 0.0862 e. The van der Waals surface area contributed by atoms with Crippen LogP contribution in [0.2, 0.25) is 0 Å². The summed E-state index contributed by atoms with van der Waals surface area (Å²) in [7, 11) is 0. The molecule has 0 aromatic heterocycles. The van der Waals surface area contributed by atoms with Crippen molar-refractivity contribution in [2.75, 3.05) is 0 Å². The van der Waals surface area contributed by atoms with Gasteiger partial charge < -0.3 is 5.11 Å². The van der Waals surface area contributed by atoms with Crippen molar-refractivity contribution in [2.45, 2.75) is 25.9 Å². The lowest BCUT2D eigenvalue weighted by Crippen LogP contribution is -2.07. The maximum atomic E-state index is 9.59. The van der Waals surface area contributed by atoms with Gasteiger partial charge in [-0.05, 0) is 18.6 Å². The second-order valence-corrected chi connectivity index (χ2v) is 3.45. The van der Waals surface area contributed by atoms with Crippen molar-refractivity contribution in [2.24, 2.45) is 0 Å². The first-order chi connectivity index (χ1) is 7.24. The summed E-state index contributed by atoms with van der Waals surface area (Å²) in [5.74, 6) is 5.86. The highest BCUT2D eigenvalue weighted by molar-refractivity contribution is 5.40. The molecule has 15 heavy (non-hydrogen) atoms. The molecule has 0 aliphatic rings. The lowest BCUT2D eigenvalue weighted by molar-refractivity contribution is 0.204. The summed E-state index contributed by atoms with van der Waals surface area (Å²) in [6, 6.07) is 9.70. The van der Waals surface area contributed by atoms with Gasteiger partial charge in [-0.3, -0.25) is 0 Å². The third-order valence-electron chi connectivity index (χ3n) is 2.11. The van der Waals surface area contributed by atoms with Gasteiger partial charge in [-0.2, -0.15) is 0 Å². The molecule has 0 amide bonds. The summed E-state index contributed by atoms with van der Waals surface area (Å²) in [5.41, 5.74) is 1.54. The summed E-state index contributed by atoms with van der Waals surface area (Å²) in [6.45, 7) is 5.79. The molecule has 1 nitrogen and oxygen atoms in total. The van der Waals surface area contributed by atoms with Crippen LogP contribution in [0.1, 0.15) is 25.3 Å². The molecule has 1 unspecified atom stereocenters. The van der Waals surface area contributed by atoms with Gasteiger partial charge in [-0.15, -0.1) is 0 Å². The van der Waals surface area contributed by atoms with E-state index in [9.17, 15) is 5.11 Å². The molecule has 0 spiro atoms. The quantitative estimate of drug-likeness (QED) is 0.744. The Bertz CT molecular complexity index is 367. The molecule has 1 atom stereocenters. The molecule has 0 aliphatic carbocycles. The van der Waals surface area contributed by atoms with Crippen LogP contribution in [-0.4, -0.2) is 11.2 Å². The van der Waals surface area contributed by atoms with Gasteiger partial charge in [0.15, 0.2) is 0 Å². The van der Waals surface area contributed by atoms with Crippen LogP contribution in [0, 0.1) is 11.8 Å². The Morgan fingerprint density at radius 2 is 2.07 bits per heavy atom. The van der Waals surface area contributed by atoms with Crippen molar-refractivity contribution in [3.63, 3.8) is 0 Å². The van der Waals surface area contributed by atoms with Crippen LogP contribution in [0.3, 0.4) is 0 Å². The van der Waals surface area contributed by atoms with Crippen LogP contribution in [0.25, 0.3) is 0 Å². The van der Waals surface area contributed by atoms with Gasteiger partial charge in [0, 0.05) is 11.1 Å². The normalized spacial score (nSPS) is 11.3. The fourth-order valence-electron chi connectivity index (χ4n) is 1.20. The lowest BCUT2D eigenvalue weighted by atomic mass is 10.1. The molecule has 1 rings (SSSR count). The van der Waals surface area contributed by atoms with E-state index in [0.29, 0.717) is 5.57 Å². The van der Waals surface area contributed by atoms with E-state index in [-0.39, 0.29) is 0 Å². The number of rotatable bonds is 3. The van der Waals surface area contributed by atoms with E-state index in [4.69, 9.17) is 0 Å². The van der Waals surface area contributed by atoms with E-state index in [2.05, 4.69) is 18.4 Å². The van der Waals surface area contributed by atoms with Gasteiger partial charge in [0.05, 0.1) is 6.10 Å². The molecule has 0 aliphatic heterocycles. The highest BCUT2D eigenvalue weighted by Gasteiger charge is 2.03. The fourth-order valence-corrected chi connectivity index (χ4v) is 1.20.